The Hall–Kier alpha value is -1.59. The first-order chi connectivity index (χ1) is 26.4. The fourth-order valence-corrected chi connectivity index (χ4v) is 7.16. The van der Waals surface area contributed by atoms with Gasteiger partial charge in [0.05, 0.1) is 0 Å². The Bertz CT molecular complexity index is 811. The molecule has 0 radical (unpaired) electrons. The van der Waals surface area contributed by atoms with Crippen molar-refractivity contribution in [3.8, 4) is 0 Å². The Labute approximate surface area is 336 Å². The highest BCUT2D eigenvalue weighted by atomic mass is 16.6. The van der Waals surface area contributed by atoms with Crippen LogP contribution in [0.2, 0.25) is 0 Å². The van der Waals surface area contributed by atoms with Crippen LogP contribution in [0.15, 0.2) is 0 Å². The van der Waals surface area contributed by atoms with Crippen molar-refractivity contribution in [2.45, 2.75) is 271 Å². The summed E-state index contributed by atoms with van der Waals surface area (Å²) in [6.07, 6.45) is 42.3. The molecule has 0 fully saturated rings. The molecule has 54 heavy (non-hydrogen) atoms. The Morgan fingerprint density at radius 2 is 0.611 bits per heavy atom. The molecule has 320 valence electrons. The van der Waals surface area contributed by atoms with E-state index in [-0.39, 0.29) is 31.1 Å². The zero-order valence-electron chi connectivity index (χ0n) is 36.7. The minimum atomic E-state index is -0.759. The van der Waals surface area contributed by atoms with E-state index in [1.807, 2.05) is 0 Å². The van der Waals surface area contributed by atoms with Crippen molar-refractivity contribution >= 4 is 17.9 Å². The third-order valence-corrected chi connectivity index (χ3v) is 10.8. The number of carbonyl (C=O) groups excluding carboxylic acids is 3. The van der Waals surface area contributed by atoms with Crippen LogP contribution in [0.25, 0.3) is 0 Å². The van der Waals surface area contributed by atoms with Gasteiger partial charge in [-0.05, 0) is 25.2 Å². The van der Waals surface area contributed by atoms with Gasteiger partial charge >= 0.3 is 17.9 Å². The van der Waals surface area contributed by atoms with Crippen molar-refractivity contribution < 1.29 is 28.6 Å². The van der Waals surface area contributed by atoms with Gasteiger partial charge in [-0.1, -0.05) is 227 Å². The lowest BCUT2D eigenvalue weighted by Gasteiger charge is -2.18. The smallest absolute Gasteiger partial charge is 0.306 e. The zero-order chi connectivity index (χ0) is 39.6. The molecule has 0 saturated heterocycles. The van der Waals surface area contributed by atoms with Crippen molar-refractivity contribution in [2.24, 2.45) is 5.92 Å². The van der Waals surface area contributed by atoms with E-state index in [0.29, 0.717) is 19.3 Å². The Kier molecular flexibility index (Phi) is 41.3. The molecule has 0 aliphatic carbocycles. The second-order valence-corrected chi connectivity index (χ2v) is 16.9. The first kappa shape index (κ1) is 52.4. The summed E-state index contributed by atoms with van der Waals surface area (Å²) in [6.45, 7) is 8.96. The van der Waals surface area contributed by atoms with Gasteiger partial charge in [0.25, 0.3) is 0 Å². The Morgan fingerprint density at radius 3 is 0.907 bits per heavy atom. The van der Waals surface area contributed by atoms with Crippen LogP contribution < -0.4 is 0 Å². The number of carbonyl (C=O) groups is 3. The van der Waals surface area contributed by atoms with Crippen molar-refractivity contribution in [1.29, 1.82) is 0 Å². The van der Waals surface area contributed by atoms with Gasteiger partial charge in [0.1, 0.15) is 13.2 Å². The van der Waals surface area contributed by atoms with Crippen molar-refractivity contribution in [2.75, 3.05) is 13.2 Å². The van der Waals surface area contributed by atoms with Crippen LogP contribution in [0.1, 0.15) is 265 Å². The summed E-state index contributed by atoms with van der Waals surface area (Å²) >= 11 is 0. The SMILES string of the molecule is CCCCCCCCCCCCCCCC(=O)OC[C@@H](COC(=O)CCCCCCCCCC(C)C)OC(=O)CCCCCCCCCCCCCCC. The second-order valence-electron chi connectivity index (χ2n) is 16.9. The van der Waals surface area contributed by atoms with E-state index in [0.717, 1.165) is 63.7 Å². The van der Waals surface area contributed by atoms with Crippen LogP contribution in [0.3, 0.4) is 0 Å². The number of esters is 3. The molecule has 0 aromatic rings. The Balaban J connectivity index is 4.32. The molecule has 0 unspecified atom stereocenters. The molecule has 0 aliphatic heterocycles. The van der Waals surface area contributed by atoms with Gasteiger partial charge in [-0.25, -0.2) is 0 Å². The molecule has 6 heteroatoms. The van der Waals surface area contributed by atoms with Crippen molar-refractivity contribution in [1.82, 2.24) is 0 Å². The van der Waals surface area contributed by atoms with Crippen molar-refractivity contribution in [3.05, 3.63) is 0 Å². The summed E-state index contributed by atoms with van der Waals surface area (Å²) in [4.78, 5) is 37.7. The largest absolute Gasteiger partial charge is 0.462 e. The van der Waals surface area contributed by atoms with E-state index < -0.39 is 6.10 Å². The topological polar surface area (TPSA) is 78.9 Å². The zero-order valence-corrected chi connectivity index (χ0v) is 36.7. The normalized spacial score (nSPS) is 11.9. The van der Waals surface area contributed by atoms with Crippen LogP contribution >= 0.6 is 0 Å². The molecule has 6 nitrogen and oxygen atoms in total. The first-order valence-corrected chi connectivity index (χ1v) is 23.9. The molecule has 0 aliphatic rings. The summed E-state index contributed by atoms with van der Waals surface area (Å²) in [5.41, 5.74) is 0. The van der Waals surface area contributed by atoms with Crippen LogP contribution in [0, 0.1) is 5.92 Å². The predicted octanol–water partition coefficient (Wildman–Crippen LogP) is 15.1. The maximum atomic E-state index is 12.7. The summed E-state index contributed by atoms with van der Waals surface area (Å²) in [5, 5.41) is 0. The molecular formula is C48H92O6. The van der Waals surface area contributed by atoms with Gasteiger partial charge in [-0.2, -0.15) is 0 Å². The number of ether oxygens (including phenoxy) is 3. The average molecular weight is 765 g/mol. The lowest BCUT2D eigenvalue weighted by Crippen LogP contribution is -2.30. The fourth-order valence-electron chi connectivity index (χ4n) is 7.16. The van der Waals surface area contributed by atoms with E-state index in [1.54, 1.807) is 0 Å². The monoisotopic (exact) mass is 765 g/mol. The summed E-state index contributed by atoms with van der Waals surface area (Å²) in [7, 11) is 0. The van der Waals surface area contributed by atoms with Gasteiger partial charge < -0.3 is 14.2 Å². The highest BCUT2D eigenvalue weighted by Crippen LogP contribution is 2.16. The molecule has 0 heterocycles. The summed E-state index contributed by atoms with van der Waals surface area (Å²) in [6, 6.07) is 0. The van der Waals surface area contributed by atoms with Gasteiger partial charge in [0.2, 0.25) is 0 Å². The van der Waals surface area contributed by atoms with E-state index in [4.69, 9.17) is 14.2 Å². The number of rotatable bonds is 43. The number of unbranched alkanes of at least 4 members (excludes halogenated alkanes) is 30. The third kappa shape index (κ3) is 41.6. The lowest BCUT2D eigenvalue weighted by atomic mass is 10.0. The summed E-state index contributed by atoms with van der Waals surface area (Å²) in [5.74, 6) is -0.0712. The van der Waals surface area contributed by atoms with Gasteiger partial charge in [0, 0.05) is 19.3 Å². The van der Waals surface area contributed by atoms with Crippen LogP contribution in [-0.2, 0) is 28.6 Å². The average Bonchev–Trinajstić information content (AvgIpc) is 3.15. The molecule has 0 rings (SSSR count). The summed E-state index contributed by atoms with van der Waals surface area (Å²) < 4.78 is 16.7. The third-order valence-electron chi connectivity index (χ3n) is 10.8. The molecule has 0 spiro atoms. The molecule has 0 saturated carbocycles. The minimum Gasteiger partial charge on any atom is -0.462 e. The molecule has 0 N–H and O–H groups in total. The standard InChI is InChI=1S/C48H92O6/c1-5-7-9-11-13-15-17-19-21-23-27-31-35-39-46(49)52-42-45(43-53-47(50)40-36-32-29-25-26-30-34-38-44(3)4)54-48(51)41-37-33-28-24-22-20-18-16-14-12-10-8-6-2/h44-45H,5-43H2,1-4H3/t45-/m0/s1. The number of hydrogen-bond donors (Lipinski definition) is 0. The minimum absolute atomic E-state index is 0.0638. The van der Waals surface area contributed by atoms with E-state index in [1.165, 1.54) is 161 Å². The molecule has 1 atom stereocenters. The van der Waals surface area contributed by atoms with Gasteiger partial charge in [-0.3, -0.25) is 14.4 Å². The van der Waals surface area contributed by atoms with Crippen molar-refractivity contribution in [3.63, 3.8) is 0 Å². The quantitative estimate of drug-likeness (QED) is 0.0349. The molecular weight excluding hydrogens is 673 g/mol. The molecule has 0 aromatic carbocycles. The maximum absolute atomic E-state index is 12.7. The van der Waals surface area contributed by atoms with E-state index in [9.17, 15) is 14.4 Å². The Morgan fingerprint density at radius 1 is 0.352 bits per heavy atom. The van der Waals surface area contributed by atoms with Crippen LogP contribution in [0.5, 0.6) is 0 Å². The molecule has 0 aromatic heterocycles. The number of hydrogen-bond acceptors (Lipinski definition) is 6. The fraction of sp³-hybridized carbons (Fsp3) is 0.938. The van der Waals surface area contributed by atoms with Crippen LogP contribution in [-0.4, -0.2) is 37.2 Å². The van der Waals surface area contributed by atoms with E-state index in [2.05, 4.69) is 27.7 Å². The maximum Gasteiger partial charge on any atom is 0.306 e. The van der Waals surface area contributed by atoms with Crippen LogP contribution in [0.4, 0.5) is 0 Å². The molecule has 0 bridgehead atoms. The first-order valence-electron chi connectivity index (χ1n) is 23.9. The highest BCUT2D eigenvalue weighted by molar-refractivity contribution is 5.71. The lowest BCUT2D eigenvalue weighted by molar-refractivity contribution is -0.167. The predicted molar refractivity (Wildman–Crippen MR) is 229 cm³/mol. The van der Waals surface area contributed by atoms with E-state index >= 15 is 0 Å². The van der Waals surface area contributed by atoms with Gasteiger partial charge in [-0.15, -0.1) is 0 Å². The molecule has 0 amide bonds. The highest BCUT2D eigenvalue weighted by Gasteiger charge is 2.19. The second kappa shape index (κ2) is 42.6. The van der Waals surface area contributed by atoms with Gasteiger partial charge in [0.15, 0.2) is 6.10 Å².